The van der Waals surface area contributed by atoms with Crippen molar-refractivity contribution in [2.24, 2.45) is 0 Å². The molecule has 0 fully saturated rings. The summed E-state index contributed by atoms with van der Waals surface area (Å²) in [4.78, 5) is 10.8. The van der Waals surface area contributed by atoms with Gasteiger partial charge < -0.3 is 14.6 Å². The molecule has 3 aromatic rings. The Balaban J connectivity index is 2.07. The van der Waals surface area contributed by atoms with Crippen molar-refractivity contribution in [1.82, 2.24) is 0 Å². The Bertz CT molecular complexity index is 943. The maximum Gasteiger partial charge on any atom is 0.307 e. The lowest BCUT2D eigenvalue weighted by Crippen LogP contribution is -2.02. The largest absolute Gasteiger partial charge is 0.496 e. The molecular weight excluding hydrogens is 328 g/mol. The monoisotopic (exact) mass is 350 g/mol. The minimum Gasteiger partial charge on any atom is -0.496 e. The molecule has 134 valence electrons. The van der Waals surface area contributed by atoms with Gasteiger partial charge in [0.05, 0.1) is 20.6 Å². The van der Waals surface area contributed by atoms with E-state index in [1.54, 1.807) is 14.2 Å². The standard InChI is InChI=1S/C22H22O4/c1-14-19(12-15-8-10-16(11-9-15)13-20(23)24)22(26-3)18-7-5-4-6-17(18)21(14)25-2/h4-11H,12-13H2,1-3H3,(H,23,24). The summed E-state index contributed by atoms with van der Waals surface area (Å²) in [5, 5.41) is 11.0. The van der Waals surface area contributed by atoms with Gasteiger partial charge in [0.2, 0.25) is 0 Å². The van der Waals surface area contributed by atoms with Gasteiger partial charge >= 0.3 is 5.97 Å². The minimum absolute atomic E-state index is 0.0342. The number of methoxy groups -OCH3 is 2. The normalized spacial score (nSPS) is 10.7. The first-order chi connectivity index (χ1) is 12.5. The number of fused-ring (bicyclic) bond motifs is 1. The minimum atomic E-state index is -0.825. The molecule has 1 N–H and O–H groups in total. The van der Waals surface area contributed by atoms with E-state index in [0.29, 0.717) is 6.42 Å². The fourth-order valence-electron chi connectivity index (χ4n) is 3.41. The van der Waals surface area contributed by atoms with Gasteiger partial charge in [0.15, 0.2) is 0 Å². The van der Waals surface area contributed by atoms with Crippen LogP contribution in [0, 0.1) is 6.92 Å². The lowest BCUT2D eigenvalue weighted by molar-refractivity contribution is -0.136. The average Bonchev–Trinajstić information content (AvgIpc) is 2.63. The van der Waals surface area contributed by atoms with Crippen LogP contribution < -0.4 is 9.47 Å². The van der Waals surface area contributed by atoms with Crippen LogP contribution in [0.1, 0.15) is 22.3 Å². The van der Waals surface area contributed by atoms with Gasteiger partial charge in [-0.15, -0.1) is 0 Å². The van der Waals surface area contributed by atoms with E-state index in [9.17, 15) is 4.79 Å². The van der Waals surface area contributed by atoms with E-state index in [-0.39, 0.29) is 6.42 Å². The van der Waals surface area contributed by atoms with Gasteiger partial charge in [-0.1, -0.05) is 48.5 Å². The van der Waals surface area contributed by atoms with Crippen LogP contribution in [0.15, 0.2) is 48.5 Å². The average molecular weight is 350 g/mol. The fraction of sp³-hybridized carbons (Fsp3) is 0.227. The fourth-order valence-corrected chi connectivity index (χ4v) is 3.41. The highest BCUT2D eigenvalue weighted by Crippen LogP contribution is 2.41. The quantitative estimate of drug-likeness (QED) is 0.717. The van der Waals surface area contributed by atoms with Gasteiger partial charge in [0, 0.05) is 22.8 Å². The predicted octanol–water partition coefficient (Wildman–Crippen LogP) is 4.38. The van der Waals surface area contributed by atoms with Crippen molar-refractivity contribution in [1.29, 1.82) is 0 Å². The maximum atomic E-state index is 10.8. The number of ether oxygens (including phenoxy) is 2. The first-order valence-electron chi connectivity index (χ1n) is 8.47. The van der Waals surface area contributed by atoms with Crippen molar-refractivity contribution >= 4 is 16.7 Å². The molecule has 0 spiro atoms. The van der Waals surface area contributed by atoms with E-state index in [0.717, 1.165) is 44.5 Å². The van der Waals surface area contributed by atoms with Crippen molar-refractivity contribution in [3.63, 3.8) is 0 Å². The highest BCUT2D eigenvalue weighted by molar-refractivity contribution is 5.96. The van der Waals surface area contributed by atoms with Crippen molar-refractivity contribution in [3.05, 3.63) is 70.8 Å². The summed E-state index contributed by atoms with van der Waals surface area (Å²) in [6.07, 6.45) is 0.718. The predicted molar refractivity (Wildman–Crippen MR) is 102 cm³/mol. The molecule has 0 aliphatic rings. The molecule has 0 radical (unpaired) electrons. The van der Waals surface area contributed by atoms with E-state index in [4.69, 9.17) is 14.6 Å². The van der Waals surface area contributed by atoms with Crippen molar-refractivity contribution in [2.75, 3.05) is 14.2 Å². The number of carbonyl (C=O) groups is 1. The van der Waals surface area contributed by atoms with Crippen LogP contribution in [0.2, 0.25) is 0 Å². The van der Waals surface area contributed by atoms with Crippen molar-refractivity contribution in [2.45, 2.75) is 19.8 Å². The highest BCUT2D eigenvalue weighted by atomic mass is 16.5. The first kappa shape index (κ1) is 17.8. The number of aliphatic carboxylic acids is 1. The van der Waals surface area contributed by atoms with E-state index < -0.39 is 5.97 Å². The number of rotatable bonds is 6. The van der Waals surface area contributed by atoms with Crippen LogP contribution >= 0.6 is 0 Å². The van der Waals surface area contributed by atoms with Crippen LogP contribution in [-0.2, 0) is 17.6 Å². The summed E-state index contributed by atoms with van der Waals surface area (Å²) >= 11 is 0. The number of carboxylic acid groups (broad SMARTS) is 1. The third kappa shape index (κ3) is 3.36. The lowest BCUT2D eigenvalue weighted by Gasteiger charge is -2.19. The van der Waals surface area contributed by atoms with Gasteiger partial charge in [0.1, 0.15) is 11.5 Å². The maximum absolute atomic E-state index is 10.8. The van der Waals surface area contributed by atoms with Crippen LogP contribution in [0.25, 0.3) is 10.8 Å². The van der Waals surface area contributed by atoms with Gasteiger partial charge in [0.25, 0.3) is 0 Å². The number of carboxylic acids is 1. The lowest BCUT2D eigenvalue weighted by atomic mass is 9.93. The van der Waals surface area contributed by atoms with Crippen LogP contribution in [0.3, 0.4) is 0 Å². The topological polar surface area (TPSA) is 55.8 Å². The van der Waals surface area contributed by atoms with Gasteiger partial charge in [-0.25, -0.2) is 0 Å². The Morgan fingerprint density at radius 2 is 1.42 bits per heavy atom. The molecule has 3 aromatic carbocycles. The van der Waals surface area contributed by atoms with E-state index in [2.05, 4.69) is 0 Å². The Morgan fingerprint density at radius 3 is 1.96 bits per heavy atom. The molecule has 0 bridgehead atoms. The summed E-state index contributed by atoms with van der Waals surface area (Å²) < 4.78 is 11.4. The van der Waals surface area contributed by atoms with E-state index in [1.165, 1.54) is 0 Å². The molecule has 0 atom stereocenters. The van der Waals surface area contributed by atoms with Gasteiger partial charge in [-0.3, -0.25) is 4.79 Å². The molecule has 0 saturated carbocycles. The van der Waals surface area contributed by atoms with Crippen molar-refractivity contribution < 1.29 is 19.4 Å². The van der Waals surface area contributed by atoms with Crippen LogP contribution in [-0.4, -0.2) is 25.3 Å². The third-order valence-corrected chi connectivity index (χ3v) is 4.65. The third-order valence-electron chi connectivity index (χ3n) is 4.65. The van der Waals surface area contributed by atoms with Crippen molar-refractivity contribution in [3.8, 4) is 11.5 Å². The number of hydrogen-bond acceptors (Lipinski definition) is 3. The number of benzene rings is 3. The van der Waals surface area contributed by atoms with Crippen LogP contribution in [0.4, 0.5) is 0 Å². The Kier molecular flexibility index (Phi) is 5.12. The molecule has 0 saturated heterocycles. The molecule has 0 aliphatic carbocycles. The molecule has 26 heavy (non-hydrogen) atoms. The first-order valence-corrected chi connectivity index (χ1v) is 8.47. The molecule has 0 unspecified atom stereocenters. The Morgan fingerprint density at radius 1 is 0.885 bits per heavy atom. The summed E-state index contributed by atoms with van der Waals surface area (Å²) in [6, 6.07) is 15.7. The van der Waals surface area contributed by atoms with E-state index >= 15 is 0 Å². The Hall–Kier alpha value is -3.01. The summed E-state index contributed by atoms with van der Waals surface area (Å²) in [6.45, 7) is 2.04. The molecule has 4 nitrogen and oxygen atoms in total. The SMILES string of the molecule is COc1c(C)c(Cc2ccc(CC(=O)O)cc2)c(OC)c2ccccc12. The van der Waals surface area contributed by atoms with Crippen LogP contribution in [0.5, 0.6) is 11.5 Å². The van der Waals surface area contributed by atoms with Gasteiger partial charge in [-0.2, -0.15) is 0 Å². The smallest absolute Gasteiger partial charge is 0.307 e. The molecule has 0 amide bonds. The second-order valence-corrected chi connectivity index (χ2v) is 6.28. The second-order valence-electron chi connectivity index (χ2n) is 6.28. The van der Waals surface area contributed by atoms with E-state index in [1.807, 2.05) is 55.5 Å². The number of hydrogen-bond donors (Lipinski definition) is 1. The molecule has 4 heteroatoms. The highest BCUT2D eigenvalue weighted by Gasteiger charge is 2.18. The zero-order valence-corrected chi connectivity index (χ0v) is 15.2. The Labute approximate surface area is 153 Å². The zero-order chi connectivity index (χ0) is 18.7. The van der Waals surface area contributed by atoms with Gasteiger partial charge in [-0.05, 0) is 23.6 Å². The molecular formula is C22H22O4. The molecule has 0 aliphatic heterocycles. The zero-order valence-electron chi connectivity index (χ0n) is 15.2. The summed E-state index contributed by atoms with van der Waals surface area (Å²) in [5.41, 5.74) is 4.02. The molecule has 0 heterocycles. The second kappa shape index (κ2) is 7.48. The molecule has 3 rings (SSSR count). The molecule has 0 aromatic heterocycles. The summed E-state index contributed by atoms with van der Waals surface area (Å²) in [7, 11) is 3.37. The summed E-state index contributed by atoms with van der Waals surface area (Å²) in [5.74, 6) is 0.891.